The van der Waals surface area contributed by atoms with E-state index < -0.39 is 0 Å². The van der Waals surface area contributed by atoms with Crippen molar-refractivity contribution in [2.75, 3.05) is 0 Å². The van der Waals surface area contributed by atoms with E-state index in [4.69, 9.17) is 18.0 Å². The first-order chi connectivity index (χ1) is 10.1. The van der Waals surface area contributed by atoms with Crippen LogP contribution >= 0.6 is 12.2 Å². The maximum atomic E-state index is 5.77. The van der Waals surface area contributed by atoms with Crippen LogP contribution in [0.25, 0.3) is 0 Å². The molecule has 2 aromatic rings. The van der Waals surface area contributed by atoms with E-state index in [1.807, 2.05) is 18.2 Å². The third kappa shape index (κ3) is 4.34. The van der Waals surface area contributed by atoms with Crippen LogP contribution in [0, 0.1) is 0 Å². The van der Waals surface area contributed by atoms with Gasteiger partial charge in [-0.1, -0.05) is 48.6 Å². The van der Waals surface area contributed by atoms with Crippen LogP contribution < -0.4 is 5.73 Å². The molecular formula is C17H21N3S. The quantitative estimate of drug-likeness (QED) is 0.832. The lowest BCUT2D eigenvalue weighted by atomic mass is 10.1. The highest BCUT2D eigenvalue weighted by atomic mass is 32.1. The second kappa shape index (κ2) is 7.29. The molecule has 1 heterocycles. The summed E-state index contributed by atoms with van der Waals surface area (Å²) in [6.07, 6.45) is 1.73. The fraction of sp³-hybridized carbons (Fsp3) is 0.294. The Bertz CT molecular complexity index is 596. The van der Waals surface area contributed by atoms with Gasteiger partial charge in [0.25, 0.3) is 0 Å². The molecule has 0 aliphatic rings. The summed E-state index contributed by atoms with van der Waals surface area (Å²) in [4.78, 5) is 7.04. The van der Waals surface area contributed by atoms with Gasteiger partial charge in [0.15, 0.2) is 0 Å². The molecule has 0 aliphatic carbocycles. The van der Waals surface area contributed by atoms with E-state index in [0.717, 1.165) is 24.3 Å². The normalized spacial score (nSPS) is 11.0. The molecule has 0 saturated carbocycles. The lowest BCUT2D eigenvalue weighted by molar-refractivity contribution is 0.203. The Morgan fingerprint density at radius 3 is 2.48 bits per heavy atom. The van der Waals surface area contributed by atoms with E-state index in [1.165, 1.54) is 5.56 Å². The monoisotopic (exact) mass is 299 g/mol. The van der Waals surface area contributed by atoms with Gasteiger partial charge in [0.1, 0.15) is 10.7 Å². The van der Waals surface area contributed by atoms with Crippen LogP contribution in [0.3, 0.4) is 0 Å². The molecule has 2 rings (SSSR count). The molecule has 0 radical (unpaired) electrons. The van der Waals surface area contributed by atoms with E-state index in [9.17, 15) is 0 Å². The highest BCUT2D eigenvalue weighted by Crippen LogP contribution is 2.15. The van der Waals surface area contributed by atoms with Crippen LogP contribution in [0.4, 0.5) is 0 Å². The molecule has 4 heteroatoms. The largest absolute Gasteiger partial charge is 0.388 e. The van der Waals surface area contributed by atoms with E-state index in [2.05, 4.69) is 48.0 Å². The third-order valence-corrected chi connectivity index (χ3v) is 3.65. The van der Waals surface area contributed by atoms with Crippen molar-refractivity contribution in [2.24, 2.45) is 5.73 Å². The van der Waals surface area contributed by atoms with Gasteiger partial charge in [-0.2, -0.15) is 0 Å². The van der Waals surface area contributed by atoms with E-state index >= 15 is 0 Å². The molecule has 0 atom stereocenters. The number of hydrogen-bond donors (Lipinski definition) is 1. The van der Waals surface area contributed by atoms with Gasteiger partial charge in [-0.3, -0.25) is 9.88 Å². The Morgan fingerprint density at radius 1 is 1.14 bits per heavy atom. The summed E-state index contributed by atoms with van der Waals surface area (Å²) in [6.45, 7) is 6.07. The lowest BCUT2D eigenvalue weighted by Gasteiger charge is -2.27. The zero-order valence-corrected chi connectivity index (χ0v) is 13.3. The Kier molecular flexibility index (Phi) is 5.42. The van der Waals surface area contributed by atoms with Crippen LogP contribution in [0.1, 0.15) is 30.7 Å². The molecule has 0 bridgehead atoms. The molecule has 0 amide bonds. The average molecular weight is 299 g/mol. The zero-order valence-electron chi connectivity index (χ0n) is 12.5. The SMILES string of the molecule is CC(C)N(Cc1ccccc1)Cc1cccnc1C(N)=S. The topological polar surface area (TPSA) is 42.2 Å². The number of rotatable bonds is 6. The molecular weight excluding hydrogens is 278 g/mol. The molecule has 0 unspecified atom stereocenters. The highest BCUT2D eigenvalue weighted by Gasteiger charge is 2.14. The number of aromatic nitrogens is 1. The van der Waals surface area contributed by atoms with Crippen LogP contribution in [0.15, 0.2) is 48.7 Å². The number of hydrogen-bond acceptors (Lipinski definition) is 3. The van der Waals surface area contributed by atoms with Crippen LogP contribution in [-0.4, -0.2) is 20.9 Å². The number of thiocarbonyl (C=S) groups is 1. The Labute approximate surface area is 131 Å². The summed E-state index contributed by atoms with van der Waals surface area (Å²) in [6, 6.07) is 14.9. The summed E-state index contributed by atoms with van der Waals surface area (Å²) in [5, 5.41) is 0. The zero-order chi connectivity index (χ0) is 15.2. The maximum absolute atomic E-state index is 5.77. The fourth-order valence-electron chi connectivity index (χ4n) is 2.25. The van der Waals surface area contributed by atoms with E-state index in [1.54, 1.807) is 6.20 Å². The van der Waals surface area contributed by atoms with Crippen molar-refractivity contribution in [3.63, 3.8) is 0 Å². The summed E-state index contributed by atoms with van der Waals surface area (Å²) in [5.74, 6) is 0. The van der Waals surface area contributed by atoms with Crippen LogP contribution in [0.5, 0.6) is 0 Å². The van der Waals surface area contributed by atoms with Crippen molar-refractivity contribution < 1.29 is 0 Å². The van der Waals surface area contributed by atoms with Crippen LogP contribution in [0.2, 0.25) is 0 Å². The Hall–Kier alpha value is -1.78. The first-order valence-corrected chi connectivity index (χ1v) is 7.50. The van der Waals surface area contributed by atoms with Gasteiger partial charge in [-0.25, -0.2) is 0 Å². The number of benzene rings is 1. The minimum atomic E-state index is 0.356. The lowest BCUT2D eigenvalue weighted by Crippen LogP contribution is -2.31. The van der Waals surface area contributed by atoms with Gasteiger partial charge in [0.05, 0.1) is 0 Å². The minimum Gasteiger partial charge on any atom is -0.388 e. The average Bonchev–Trinajstić information content (AvgIpc) is 2.48. The number of nitrogens with zero attached hydrogens (tertiary/aromatic N) is 2. The standard InChI is InChI=1S/C17H21N3S/c1-13(2)20(11-14-7-4-3-5-8-14)12-15-9-6-10-19-16(15)17(18)21/h3-10,13H,11-12H2,1-2H3,(H2,18,21). The molecule has 0 saturated heterocycles. The first-order valence-electron chi connectivity index (χ1n) is 7.09. The fourth-order valence-corrected chi connectivity index (χ4v) is 2.43. The van der Waals surface area contributed by atoms with Gasteiger partial charge in [-0.05, 0) is 31.0 Å². The maximum Gasteiger partial charge on any atom is 0.123 e. The third-order valence-electron chi connectivity index (χ3n) is 3.46. The van der Waals surface area contributed by atoms with Crippen molar-refractivity contribution in [3.8, 4) is 0 Å². The summed E-state index contributed by atoms with van der Waals surface area (Å²) < 4.78 is 0. The van der Waals surface area contributed by atoms with Crippen molar-refractivity contribution in [2.45, 2.75) is 33.0 Å². The summed E-state index contributed by atoms with van der Waals surface area (Å²) in [5.41, 5.74) is 8.87. The summed E-state index contributed by atoms with van der Waals surface area (Å²) >= 11 is 5.09. The van der Waals surface area contributed by atoms with E-state index in [-0.39, 0.29) is 0 Å². The molecule has 3 nitrogen and oxygen atoms in total. The summed E-state index contributed by atoms with van der Waals surface area (Å²) in [7, 11) is 0. The van der Waals surface area contributed by atoms with Gasteiger partial charge < -0.3 is 5.73 Å². The molecule has 1 aromatic heterocycles. The predicted molar refractivity (Wildman–Crippen MR) is 90.9 cm³/mol. The number of nitrogens with two attached hydrogens (primary N) is 1. The molecule has 110 valence electrons. The second-order valence-corrected chi connectivity index (χ2v) is 5.80. The van der Waals surface area contributed by atoms with Crippen molar-refractivity contribution in [1.82, 2.24) is 9.88 Å². The molecule has 2 N–H and O–H groups in total. The molecule has 0 spiro atoms. The second-order valence-electron chi connectivity index (χ2n) is 5.36. The molecule has 21 heavy (non-hydrogen) atoms. The Morgan fingerprint density at radius 2 is 1.86 bits per heavy atom. The van der Waals surface area contributed by atoms with Gasteiger partial charge >= 0.3 is 0 Å². The Balaban J connectivity index is 2.19. The predicted octanol–water partition coefficient (Wildman–Crippen LogP) is 3.13. The van der Waals surface area contributed by atoms with Crippen molar-refractivity contribution in [3.05, 3.63) is 65.5 Å². The van der Waals surface area contributed by atoms with Gasteiger partial charge in [-0.15, -0.1) is 0 Å². The van der Waals surface area contributed by atoms with Crippen molar-refractivity contribution >= 4 is 17.2 Å². The smallest absolute Gasteiger partial charge is 0.123 e. The van der Waals surface area contributed by atoms with Gasteiger partial charge in [0.2, 0.25) is 0 Å². The van der Waals surface area contributed by atoms with Gasteiger partial charge in [0, 0.05) is 25.3 Å². The molecule has 1 aromatic carbocycles. The van der Waals surface area contributed by atoms with E-state index in [0.29, 0.717) is 11.0 Å². The minimum absolute atomic E-state index is 0.356. The van der Waals surface area contributed by atoms with Crippen molar-refractivity contribution in [1.29, 1.82) is 0 Å². The first kappa shape index (κ1) is 15.6. The highest BCUT2D eigenvalue weighted by molar-refractivity contribution is 7.80. The van der Waals surface area contributed by atoms with Crippen LogP contribution in [-0.2, 0) is 13.1 Å². The number of pyridine rings is 1. The molecule has 0 fully saturated rings. The molecule has 0 aliphatic heterocycles.